The molecule has 0 amide bonds. The van der Waals surface area contributed by atoms with Crippen LogP contribution in [0.25, 0.3) is 0 Å². The van der Waals surface area contributed by atoms with Crippen LogP contribution in [0.4, 0.5) is 17.6 Å². The molecule has 0 heterocycles. The van der Waals surface area contributed by atoms with E-state index in [-0.39, 0.29) is 0 Å². The van der Waals surface area contributed by atoms with E-state index in [9.17, 15) is 17.6 Å². The third kappa shape index (κ3) is 5.23. The fourth-order valence-corrected chi connectivity index (χ4v) is 2.08. The first-order valence-corrected chi connectivity index (χ1v) is 7.54. The quantitative estimate of drug-likeness (QED) is 0.695. The van der Waals surface area contributed by atoms with Crippen molar-refractivity contribution in [1.29, 1.82) is 0 Å². The van der Waals surface area contributed by atoms with Crippen molar-refractivity contribution in [3.05, 3.63) is 65.7 Å². The highest BCUT2D eigenvalue weighted by atomic mass is 19.3. The van der Waals surface area contributed by atoms with Crippen LogP contribution in [0, 0.1) is 0 Å². The van der Waals surface area contributed by atoms with Gasteiger partial charge < -0.3 is 10.1 Å². The molecular weight excluding hydrogens is 322 g/mol. The van der Waals surface area contributed by atoms with E-state index in [1.54, 1.807) is 31.2 Å². The first-order valence-electron chi connectivity index (χ1n) is 7.54. The number of alkyl halides is 4. The summed E-state index contributed by atoms with van der Waals surface area (Å²) in [6, 6.07) is 16.1. The molecule has 1 atom stereocenters. The maximum atomic E-state index is 12.9. The predicted molar refractivity (Wildman–Crippen MR) is 84.6 cm³/mol. The van der Waals surface area contributed by atoms with Crippen molar-refractivity contribution in [3.8, 4) is 5.75 Å². The Morgan fingerprint density at radius 3 is 2.21 bits per heavy atom. The second kappa shape index (κ2) is 8.15. The lowest BCUT2D eigenvalue weighted by Gasteiger charge is -2.20. The number of benzene rings is 2. The van der Waals surface area contributed by atoms with Gasteiger partial charge in [-0.2, -0.15) is 8.78 Å². The Kier molecular flexibility index (Phi) is 6.20. The monoisotopic (exact) mass is 341 g/mol. The molecule has 0 aliphatic heterocycles. The summed E-state index contributed by atoms with van der Waals surface area (Å²) in [5.41, 5.74) is 1.75. The van der Waals surface area contributed by atoms with Crippen molar-refractivity contribution < 1.29 is 22.3 Å². The molecular formula is C18H19F4NO. The lowest BCUT2D eigenvalue weighted by Crippen LogP contribution is -2.39. The standard InChI is InChI=1S/C18H19F4NO/c1-13(23-12-18(21,22)17(19)20)15-7-9-16(10-8-15)24-11-14-5-3-2-4-6-14/h2-10,13,17,23H,11-12H2,1H3. The average Bonchev–Trinajstić information content (AvgIpc) is 2.59. The SMILES string of the molecule is CC(NCC(F)(F)C(F)F)c1ccc(OCc2ccccc2)cc1. The molecule has 24 heavy (non-hydrogen) atoms. The summed E-state index contributed by atoms with van der Waals surface area (Å²) in [7, 11) is 0. The number of halogens is 4. The van der Waals surface area contributed by atoms with Crippen molar-refractivity contribution in [2.24, 2.45) is 0 Å². The van der Waals surface area contributed by atoms with Crippen molar-refractivity contribution in [2.45, 2.75) is 31.9 Å². The number of nitrogens with one attached hydrogen (secondary N) is 1. The maximum Gasteiger partial charge on any atom is 0.319 e. The van der Waals surface area contributed by atoms with E-state index in [2.05, 4.69) is 5.32 Å². The molecule has 0 radical (unpaired) electrons. The van der Waals surface area contributed by atoms with E-state index >= 15 is 0 Å². The highest BCUT2D eigenvalue weighted by Crippen LogP contribution is 2.24. The van der Waals surface area contributed by atoms with Gasteiger partial charge in [-0.15, -0.1) is 0 Å². The molecule has 1 unspecified atom stereocenters. The predicted octanol–water partition coefficient (Wildman–Crippen LogP) is 4.82. The maximum absolute atomic E-state index is 12.9. The van der Waals surface area contributed by atoms with Gasteiger partial charge in [0.1, 0.15) is 12.4 Å². The van der Waals surface area contributed by atoms with E-state index in [4.69, 9.17) is 4.74 Å². The van der Waals surface area contributed by atoms with E-state index in [1.165, 1.54) is 0 Å². The minimum atomic E-state index is -4.03. The molecule has 0 bridgehead atoms. The van der Waals surface area contributed by atoms with Gasteiger partial charge in [0.25, 0.3) is 0 Å². The van der Waals surface area contributed by atoms with Gasteiger partial charge in [0, 0.05) is 6.04 Å². The zero-order valence-corrected chi connectivity index (χ0v) is 13.2. The van der Waals surface area contributed by atoms with Gasteiger partial charge in [-0.25, -0.2) is 8.78 Å². The Balaban J connectivity index is 1.87. The van der Waals surface area contributed by atoms with Crippen LogP contribution in [0.1, 0.15) is 24.1 Å². The third-order valence-corrected chi connectivity index (χ3v) is 3.59. The molecule has 2 nitrogen and oxygen atoms in total. The molecule has 0 saturated carbocycles. The Morgan fingerprint density at radius 2 is 1.62 bits per heavy atom. The summed E-state index contributed by atoms with van der Waals surface area (Å²) >= 11 is 0. The van der Waals surface area contributed by atoms with E-state index in [0.29, 0.717) is 17.9 Å². The van der Waals surface area contributed by atoms with Crippen molar-refractivity contribution in [3.63, 3.8) is 0 Å². The zero-order chi connectivity index (χ0) is 17.6. The van der Waals surface area contributed by atoms with Crippen molar-refractivity contribution in [2.75, 3.05) is 6.54 Å². The van der Waals surface area contributed by atoms with Gasteiger partial charge >= 0.3 is 12.3 Å². The highest BCUT2D eigenvalue weighted by molar-refractivity contribution is 5.29. The molecule has 1 N–H and O–H groups in total. The van der Waals surface area contributed by atoms with Gasteiger partial charge in [0.2, 0.25) is 0 Å². The number of rotatable bonds is 8. The lowest BCUT2D eigenvalue weighted by molar-refractivity contribution is -0.126. The normalized spacial score (nSPS) is 13.1. The number of ether oxygens (including phenoxy) is 1. The van der Waals surface area contributed by atoms with Crippen molar-refractivity contribution >= 4 is 0 Å². The molecule has 0 fully saturated rings. The molecule has 0 spiro atoms. The summed E-state index contributed by atoms with van der Waals surface area (Å²) in [6.07, 6.45) is -3.68. The second-order valence-electron chi connectivity index (χ2n) is 5.51. The van der Waals surface area contributed by atoms with Crippen LogP contribution in [-0.4, -0.2) is 18.9 Å². The topological polar surface area (TPSA) is 21.3 Å². The fraction of sp³-hybridized carbons (Fsp3) is 0.333. The van der Waals surface area contributed by atoms with Gasteiger partial charge in [-0.05, 0) is 30.2 Å². The minimum Gasteiger partial charge on any atom is -0.489 e. The molecule has 130 valence electrons. The van der Waals surface area contributed by atoms with E-state index in [0.717, 1.165) is 5.56 Å². The van der Waals surface area contributed by atoms with Gasteiger partial charge in [0.15, 0.2) is 0 Å². The molecule has 2 rings (SSSR count). The largest absolute Gasteiger partial charge is 0.489 e. The summed E-state index contributed by atoms with van der Waals surface area (Å²) < 4.78 is 55.7. The fourth-order valence-electron chi connectivity index (χ4n) is 2.08. The smallest absolute Gasteiger partial charge is 0.319 e. The highest BCUT2D eigenvalue weighted by Gasteiger charge is 2.40. The molecule has 0 aliphatic rings. The van der Waals surface area contributed by atoms with Gasteiger partial charge in [0.05, 0.1) is 6.54 Å². The summed E-state index contributed by atoms with van der Waals surface area (Å²) in [5, 5.41) is 2.43. The Bertz CT molecular complexity index is 617. The van der Waals surface area contributed by atoms with Crippen LogP contribution >= 0.6 is 0 Å². The van der Waals surface area contributed by atoms with Gasteiger partial charge in [-0.3, -0.25) is 0 Å². The Hall–Kier alpha value is -2.08. The van der Waals surface area contributed by atoms with Crippen LogP contribution < -0.4 is 10.1 Å². The second-order valence-corrected chi connectivity index (χ2v) is 5.51. The summed E-state index contributed by atoms with van der Waals surface area (Å²) in [5.74, 6) is -3.39. The Morgan fingerprint density at radius 1 is 1.00 bits per heavy atom. The number of hydrogen-bond acceptors (Lipinski definition) is 2. The number of hydrogen-bond donors (Lipinski definition) is 1. The lowest BCUT2D eigenvalue weighted by atomic mass is 10.1. The first kappa shape index (κ1) is 18.3. The van der Waals surface area contributed by atoms with Crippen LogP contribution in [0.2, 0.25) is 0 Å². The van der Waals surface area contributed by atoms with Crippen molar-refractivity contribution in [1.82, 2.24) is 5.32 Å². The average molecular weight is 341 g/mol. The first-order chi connectivity index (χ1) is 11.4. The summed E-state index contributed by atoms with van der Waals surface area (Å²) in [6.45, 7) is 0.994. The summed E-state index contributed by atoms with van der Waals surface area (Å²) in [4.78, 5) is 0. The van der Waals surface area contributed by atoms with E-state index in [1.807, 2.05) is 30.3 Å². The van der Waals surface area contributed by atoms with Crippen LogP contribution in [0.15, 0.2) is 54.6 Å². The molecule has 0 aromatic heterocycles. The molecule has 6 heteroatoms. The van der Waals surface area contributed by atoms with Crippen LogP contribution in [0.5, 0.6) is 5.75 Å². The van der Waals surface area contributed by atoms with Crippen LogP contribution in [0.3, 0.4) is 0 Å². The molecule has 0 saturated heterocycles. The van der Waals surface area contributed by atoms with Crippen LogP contribution in [-0.2, 0) is 6.61 Å². The zero-order valence-electron chi connectivity index (χ0n) is 13.2. The molecule has 2 aromatic rings. The van der Waals surface area contributed by atoms with Gasteiger partial charge in [-0.1, -0.05) is 42.5 Å². The Labute approximate surface area is 138 Å². The van der Waals surface area contributed by atoms with E-state index < -0.39 is 24.9 Å². The minimum absolute atomic E-state index is 0.425. The third-order valence-electron chi connectivity index (χ3n) is 3.59. The molecule has 0 aliphatic carbocycles. The molecule has 2 aromatic carbocycles.